The summed E-state index contributed by atoms with van der Waals surface area (Å²) >= 11 is 0. The van der Waals surface area contributed by atoms with Gasteiger partial charge in [-0.3, -0.25) is 58.0 Å². The van der Waals surface area contributed by atoms with Crippen LogP contribution in [0.15, 0.2) is 0 Å². The van der Waals surface area contributed by atoms with Crippen LogP contribution >= 0.6 is 0 Å². The van der Waals surface area contributed by atoms with Crippen molar-refractivity contribution in [2.24, 2.45) is 11.8 Å². The molecular weight excluding hydrogens is 789 g/mol. The number of Topliss-reactive ketones (excluding diaryl/α,β-unsaturated/α-hetero) is 2. The van der Waals surface area contributed by atoms with E-state index in [4.69, 9.17) is 0 Å². The molecule has 0 aromatic heterocycles. The molecular formula is C34H58BCuN7O13. The van der Waals surface area contributed by atoms with Crippen molar-refractivity contribution in [1.82, 2.24) is 35.1 Å². The van der Waals surface area contributed by atoms with Crippen LogP contribution in [0.4, 0.5) is 0 Å². The molecule has 0 aliphatic carbocycles. The Hall–Kier alpha value is -3.50. The standard InChI is InChI=1S/C34H58BN7O13.Cu/c1-23(2)27(33(52)37-24(3)34(53)42-8-4-5-28(42)35(54)55)17-26(44)18-36-29(45)7-6-25(43)19-38-9-11-39(20-30(46)47)13-15-41(22-32(50)51)16-14-40(12-10-38)21-31(48)49;/h23-24,27-28,54-55H,4-22H2,1-3H3,(H,36,45)(H,37,52)(H,46,47)(H,48,49)(H,50,51);/t24-,27+,28+;/m1./s1. The van der Waals surface area contributed by atoms with Gasteiger partial charge in [0.25, 0.3) is 0 Å². The summed E-state index contributed by atoms with van der Waals surface area (Å²) in [5, 5.41) is 52.4. The van der Waals surface area contributed by atoms with E-state index in [2.05, 4.69) is 10.6 Å². The third-order valence-electron chi connectivity index (χ3n) is 9.76. The molecule has 2 aliphatic heterocycles. The topological polar surface area (TPSA) is 278 Å². The fourth-order valence-corrected chi connectivity index (χ4v) is 6.61. The summed E-state index contributed by atoms with van der Waals surface area (Å²) in [6, 6.07) is -0.967. The number of carboxylic acids is 3. The predicted molar refractivity (Wildman–Crippen MR) is 196 cm³/mol. The second kappa shape index (κ2) is 25.7. The molecule has 2 heterocycles. The van der Waals surface area contributed by atoms with Crippen molar-refractivity contribution >= 4 is 54.3 Å². The smallest absolute Gasteiger partial charge is 0.475 e. The zero-order chi connectivity index (χ0) is 41.2. The van der Waals surface area contributed by atoms with Gasteiger partial charge < -0.3 is 40.9 Å². The van der Waals surface area contributed by atoms with Crippen molar-refractivity contribution in [1.29, 1.82) is 0 Å². The maximum absolute atomic E-state index is 13.1. The van der Waals surface area contributed by atoms with Gasteiger partial charge >= 0.3 is 25.0 Å². The van der Waals surface area contributed by atoms with Crippen LogP contribution < -0.4 is 10.6 Å². The largest absolute Gasteiger partial charge is 0.480 e. The minimum Gasteiger partial charge on any atom is -0.480 e. The van der Waals surface area contributed by atoms with Crippen molar-refractivity contribution in [3.63, 3.8) is 0 Å². The molecule has 20 nitrogen and oxygen atoms in total. The minimum atomic E-state index is -1.70. The number of amides is 3. The molecule has 2 rings (SSSR count). The van der Waals surface area contributed by atoms with Gasteiger partial charge in [-0.15, -0.1) is 0 Å². The number of hydrogen-bond donors (Lipinski definition) is 7. The van der Waals surface area contributed by atoms with Crippen LogP contribution in [0.25, 0.3) is 0 Å². The minimum absolute atomic E-state index is 0. The number of ketones is 2. The van der Waals surface area contributed by atoms with E-state index in [0.717, 1.165) is 0 Å². The molecule has 2 fully saturated rings. The van der Waals surface area contributed by atoms with Gasteiger partial charge in [-0.1, -0.05) is 13.8 Å². The molecule has 0 aromatic rings. The first kappa shape index (κ1) is 50.5. The molecule has 56 heavy (non-hydrogen) atoms. The molecule has 2 aliphatic rings. The Kier molecular flexibility index (Phi) is 23.2. The van der Waals surface area contributed by atoms with E-state index in [1.807, 2.05) is 0 Å². The number of carbonyl (C=O) groups excluding carboxylic acids is 5. The molecule has 22 heteroatoms. The van der Waals surface area contributed by atoms with Crippen LogP contribution in [0.5, 0.6) is 0 Å². The van der Waals surface area contributed by atoms with E-state index in [9.17, 15) is 63.7 Å². The molecule has 321 valence electrons. The summed E-state index contributed by atoms with van der Waals surface area (Å²) in [4.78, 5) is 107. The second-order valence-electron chi connectivity index (χ2n) is 14.6. The summed E-state index contributed by atoms with van der Waals surface area (Å²) in [5.74, 6) is -7.34. The first-order chi connectivity index (χ1) is 25.9. The average Bonchev–Trinajstić information content (AvgIpc) is 3.59. The van der Waals surface area contributed by atoms with E-state index in [1.54, 1.807) is 33.4 Å². The Bertz CT molecular complexity index is 1330. The van der Waals surface area contributed by atoms with Crippen LogP contribution in [-0.2, 0) is 55.4 Å². The average molecular weight is 847 g/mol. The monoisotopic (exact) mass is 846 g/mol. The van der Waals surface area contributed by atoms with E-state index in [0.29, 0.717) is 19.4 Å². The van der Waals surface area contributed by atoms with Crippen LogP contribution in [0.3, 0.4) is 0 Å². The molecule has 2 saturated heterocycles. The normalized spacial score (nSPS) is 19.1. The fourth-order valence-electron chi connectivity index (χ4n) is 6.61. The summed E-state index contributed by atoms with van der Waals surface area (Å²) in [6.45, 7) is 5.85. The Morgan fingerprint density at radius 1 is 0.661 bits per heavy atom. The first-order valence-corrected chi connectivity index (χ1v) is 18.7. The van der Waals surface area contributed by atoms with Gasteiger partial charge in [0, 0.05) is 101 Å². The van der Waals surface area contributed by atoms with Crippen molar-refractivity contribution in [3.05, 3.63) is 0 Å². The van der Waals surface area contributed by atoms with Gasteiger partial charge in [-0.2, -0.15) is 0 Å². The third kappa shape index (κ3) is 19.1. The zero-order valence-corrected chi connectivity index (χ0v) is 33.3. The summed E-state index contributed by atoms with van der Waals surface area (Å²) in [5.41, 5.74) is 0. The molecule has 3 atom stereocenters. The molecule has 0 spiro atoms. The third-order valence-corrected chi connectivity index (χ3v) is 9.76. The van der Waals surface area contributed by atoms with Gasteiger partial charge in [0.1, 0.15) is 11.8 Å². The summed E-state index contributed by atoms with van der Waals surface area (Å²) < 4.78 is 0. The Labute approximate surface area is 337 Å². The number of nitrogens with one attached hydrogen (secondary N) is 2. The van der Waals surface area contributed by atoms with Gasteiger partial charge in [0.2, 0.25) is 17.7 Å². The van der Waals surface area contributed by atoms with Gasteiger partial charge in [0.15, 0.2) is 5.78 Å². The van der Waals surface area contributed by atoms with E-state index >= 15 is 0 Å². The maximum atomic E-state index is 13.1. The molecule has 7 N–H and O–H groups in total. The quantitative estimate of drug-likeness (QED) is 0.0590. The summed E-state index contributed by atoms with van der Waals surface area (Å²) in [7, 11) is -1.70. The van der Waals surface area contributed by atoms with Gasteiger partial charge in [-0.25, -0.2) is 0 Å². The van der Waals surface area contributed by atoms with Crippen molar-refractivity contribution in [2.75, 3.05) is 91.6 Å². The fraction of sp³-hybridized carbons (Fsp3) is 0.765. The summed E-state index contributed by atoms with van der Waals surface area (Å²) in [6.07, 6.45) is 0.430. The van der Waals surface area contributed by atoms with E-state index in [-0.39, 0.29) is 133 Å². The number of aliphatic carboxylic acids is 3. The van der Waals surface area contributed by atoms with Crippen LogP contribution in [-0.4, -0.2) is 208 Å². The Morgan fingerprint density at radius 3 is 1.52 bits per heavy atom. The van der Waals surface area contributed by atoms with Crippen molar-refractivity contribution in [2.45, 2.75) is 64.9 Å². The number of nitrogens with zero attached hydrogens (tertiary/aromatic N) is 5. The van der Waals surface area contributed by atoms with Gasteiger partial charge in [-0.05, 0) is 25.7 Å². The van der Waals surface area contributed by atoms with Gasteiger partial charge in [0.05, 0.1) is 38.7 Å². The molecule has 3 amide bonds. The second-order valence-corrected chi connectivity index (χ2v) is 14.6. The Balaban J connectivity index is 0.0000157. The number of likely N-dealkylation sites (tertiary alicyclic amines) is 1. The molecule has 0 bridgehead atoms. The molecule has 0 saturated carbocycles. The zero-order valence-electron chi connectivity index (χ0n) is 32.4. The number of carboxylic acid groups (broad SMARTS) is 3. The van der Waals surface area contributed by atoms with Crippen LogP contribution in [0.2, 0.25) is 0 Å². The molecule has 1 radical (unpaired) electrons. The van der Waals surface area contributed by atoms with Crippen LogP contribution in [0, 0.1) is 11.8 Å². The molecule has 0 aromatic carbocycles. The van der Waals surface area contributed by atoms with E-state index < -0.39 is 66.4 Å². The number of carbonyl (C=O) groups is 8. The van der Waals surface area contributed by atoms with E-state index in [1.165, 1.54) is 11.8 Å². The maximum Gasteiger partial charge on any atom is 0.475 e. The number of rotatable bonds is 20. The first-order valence-electron chi connectivity index (χ1n) is 18.7. The Morgan fingerprint density at radius 2 is 1.11 bits per heavy atom. The predicted octanol–water partition coefficient (Wildman–Crippen LogP) is -3.34. The molecule has 0 unspecified atom stereocenters. The van der Waals surface area contributed by atoms with Crippen molar-refractivity contribution in [3.8, 4) is 0 Å². The SMILES string of the molecule is CC(C)[C@H](CC(=O)CNC(=O)CCC(=O)CN1CCN(CC(=O)O)CCN(CC(=O)O)CCN(CC(=O)O)CC1)C(=O)N[C@H](C)C(=O)N1CCC[C@H]1B(O)O.[Cu]. The van der Waals surface area contributed by atoms with Crippen molar-refractivity contribution < 1.29 is 80.8 Å². The number of hydrogen-bond acceptors (Lipinski definition) is 14. The van der Waals surface area contributed by atoms with Crippen LogP contribution in [0.1, 0.15) is 52.9 Å².